The lowest BCUT2D eigenvalue weighted by Crippen LogP contribution is -2.00. The van der Waals surface area contributed by atoms with Crippen LogP contribution in [-0.2, 0) is 0 Å². The van der Waals surface area contributed by atoms with Crippen LogP contribution < -0.4 is 4.74 Å². The quantitative estimate of drug-likeness (QED) is 0.845. The predicted octanol–water partition coefficient (Wildman–Crippen LogP) is 3.20. The molecular weight excluding hydrogens is 258 g/mol. The normalized spacial score (nSPS) is 12.1. The number of H-pyrrole nitrogens is 1. The number of nitrogens with zero attached hydrogens (tertiary/aromatic N) is 2. The number of aromatic amines is 1. The Hall–Kier alpha value is -2.37. The van der Waals surface area contributed by atoms with Crippen LogP contribution >= 0.6 is 0 Å². The fraction of sp³-hybridized carbons (Fsp3) is 0.357. The first kappa shape index (κ1) is 14.0. The van der Waals surface area contributed by atoms with Gasteiger partial charge in [0.15, 0.2) is 0 Å². The highest BCUT2D eigenvalue weighted by molar-refractivity contribution is 5.87. The molecule has 0 fully saturated rings. The van der Waals surface area contributed by atoms with Crippen molar-refractivity contribution < 1.29 is 14.6 Å². The fourth-order valence-electron chi connectivity index (χ4n) is 2.01. The smallest absolute Gasteiger partial charge is 0.362 e. The summed E-state index contributed by atoms with van der Waals surface area (Å²) in [7, 11) is 0. The monoisotopic (exact) mass is 275 g/mol. The highest BCUT2D eigenvalue weighted by Gasteiger charge is 2.16. The molecule has 0 radical (unpaired) electrons. The molecule has 0 saturated carbocycles. The van der Waals surface area contributed by atoms with Gasteiger partial charge in [-0.2, -0.15) is 0 Å². The Morgan fingerprint density at radius 1 is 1.40 bits per heavy atom. The Bertz CT molecular complexity index is 578. The summed E-state index contributed by atoms with van der Waals surface area (Å²) in [4.78, 5) is 10.9. The number of benzene rings is 1. The van der Waals surface area contributed by atoms with E-state index in [1.807, 2.05) is 24.3 Å². The van der Waals surface area contributed by atoms with Crippen molar-refractivity contribution in [3.8, 4) is 11.6 Å². The van der Waals surface area contributed by atoms with Crippen LogP contribution in [-0.4, -0.2) is 26.5 Å². The molecule has 1 aromatic carbocycles. The lowest BCUT2D eigenvalue weighted by molar-refractivity contribution is 0.0687. The largest absolute Gasteiger partial charge is 0.476 e. The first-order valence-corrected chi connectivity index (χ1v) is 6.54. The van der Waals surface area contributed by atoms with Crippen LogP contribution in [0, 0.1) is 0 Å². The molecule has 106 valence electrons. The second-order valence-electron chi connectivity index (χ2n) is 4.66. The van der Waals surface area contributed by atoms with Gasteiger partial charge in [0.2, 0.25) is 5.69 Å². The average molecular weight is 275 g/mol. The number of nitrogens with one attached hydrogen (secondary N) is 1. The maximum atomic E-state index is 10.9. The zero-order valence-corrected chi connectivity index (χ0v) is 11.5. The van der Waals surface area contributed by atoms with Crippen molar-refractivity contribution in [2.24, 2.45) is 0 Å². The summed E-state index contributed by atoms with van der Waals surface area (Å²) in [5, 5.41) is 18.2. The molecule has 1 unspecified atom stereocenters. The molecule has 6 nitrogen and oxygen atoms in total. The van der Waals surface area contributed by atoms with E-state index in [9.17, 15) is 4.79 Å². The van der Waals surface area contributed by atoms with E-state index in [1.165, 1.54) is 5.56 Å². The van der Waals surface area contributed by atoms with Gasteiger partial charge >= 0.3 is 5.97 Å². The van der Waals surface area contributed by atoms with Crippen LogP contribution in [0.25, 0.3) is 0 Å². The van der Waals surface area contributed by atoms with Gasteiger partial charge in [-0.1, -0.05) is 37.6 Å². The van der Waals surface area contributed by atoms with E-state index in [-0.39, 0.29) is 11.6 Å². The minimum absolute atomic E-state index is 0.0341. The number of carbonyl (C=O) groups is 1. The third kappa shape index (κ3) is 3.14. The van der Waals surface area contributed by atoms with Gasteiger partial charge in [-0.15, -0.1) is 5.10 Å². The van der Waals surface area contributed by atoms with Gasteiger partial charge in [-0.3, -0.25) is 0 Å². The minimum atomic E-state index is -1.18. The first-order chi connectivity index (χ1) is 9.61. The van der Waals surface area contributed by atoms with Crippen molar-refractivity contribution in [3.63, 3.8) is 0 Å². The van der Waals surface area contributed by atoms with Gasteiger partial charge in [0.25, 0.3) is 5.88 Å². The molecule has 2 N–H and O–H groups in total. The standard InChI is InChI=1S/C14H17N3O3/c1-3-4-9(2)10-5-7-11(8-6-10)20-13-12(14(18)19)15-17-16-13/h5-9H,3-4H2,1-2H3,(H,18,19)(H,15,16,17). The number of hydrogen-bond acceptors (Lipinski definition) is 4. The van der Waals surface area contributed by atoms with Crippen LogP contribution in [0.5, 0.6) is 11.6 Å². The Morgan fingerprint density at radius 3 is 2.70 bits per heavy atom. The van der Waals surface area contributed by atoms with Gasteiger partial charge in [-0.05, 0) is 30.0 Å². The maximum Gasteiger partial charge on any atom is 0.362 e. The number of carboxylic acid groups (broad SMARTS) is 1. The molecule has 0 aliphatic heterocycles. The topological polar surface area (TPSA) is 88.1 Å². The fourth-order valence-corrected chi connectivity index (χ4v) is 2.01. The molecule has 0 saturated heterocycles. The van der Waals surface area contributed by atoms with Crippen LogP contribution in [0.4, 0.5) is 0 Å². The van der Waals surface area contributed by atoms with Gasteiger partial charge in [0.1, 0.15) is 5.75 Å². The molecule has 6 heteroatoms. The molecule has 20 heavy (non-hydrogen) atoms. The predicted molar refractivity (Wildman–Crippen MR) is 73.2 cm³/mol. The third-order valence-corrected chi connectivity index (χ3v) is 3.11. The van der Waals surface area contributed by atoms with Gasteiger partial charge in [0, 0.05) is 0 Å². The number of ether oxygens (including phenoxy) is 1. The summed E-state index contributed by atoms with van der Waals surface area (Å²) < 4.78 is 5.44. The number of hydrogen-bond donors (Lipinski definition) is 2. The Balaban J connectivity index is 2.11. The van der Waals surface area contributed by atoms with Crippen molar-refractivity contribution in [1.82, 2.24) is 15.4 Å². The summed E-state index contributed by atoms with van der Waals surface area (Å²) >= 11 is 0. The summed E-state index contributed by atoms with van der Waals surface area (Å²) in [6.07, 6.45) is 2.27. The van der Waals surface area contributed by atoms with Crippen molar-refractivity contribution in [2.75, 3.05) is 0 Å². The number of aromatic carboxylic acids is 1. The molecule has 0 amide bonds. The van der Waals surface area contributed by atoms with E-state index in [0.717, 1.165) is 12.8 Å². The molecular formula is C14H17N3O3. The maximum absolute atomic E-state index is 10.9. The lowest BCUT2D eigenvalue weighted by atomic mass is 9.97. The third-order valence-electron chi connectivity index (χ3n) is 3.11. The van der Waals surface area contributed by atoms with Crippen molar-refractivity contribution in [3.05, 3.63) is 35.5 Å². The van der Waals surface area contributed by atoms with E-state index in [1.54, 1.807) is 0 Å². The Labute approximate surface area is 116 Å². The van der Waals surface area contributed by atoms with Gasteiger partial charge in [-0.25, -0.2) is 9.89 Å². The zero-order valence-electron chi connectivity index (χ0n) is 11.5. The summed E-state index contributed by atoms with van der Waals surface area (Å²) in [5.41, 5.74) is 1.01. The molecule has 1 aromatic heterocycles. The Kier molecular flexibility index (Phi) is 4.34. The van der Waals surface area contributed by atoms with Crippen LogP contribution in [0.2, 0.25) is 0 Å². The first-order valence-electron chi connectivity index (χ1n) is 6.54. The molecule has 0 spiro atoms. The summed E-state index contributed by atoms with van der Waals surface area (Å²) in [6.45, 7) is 4.34. The molecule has 2 rings (SSSR count). The number of carboxylic acids is 1. The van der Waals surface area contributed by atoms with E-state index >= 15 is 0 Å². The van der Waals surface area contributed by atoms with Crippen molar-refractivity contribution >= 4 is 5.97 Å². The lowest BCUT2D eigenvalue weighted by Gasteiger charge is -2.11. The van der Waals surface area contributed by atoms with E-state index < -0.39 is 5.97 Å². The van der Waals surface area contributed by atoms with Crippen LogP contribution in [0.3, 0.4) is 0 Å². The second kappa shape index (κ2) is 6.18. The SMILES string of the molecule is CCCC(C)c1ccc(Oc2[nH]nnc2C(=O)O)cc1. The molecule has 2 aromatic rings. The molecule has 1 atom stereocenters. The van der Waals surface area contributed by atoms with Crippen molar-refractivity contribution in [2.45, 2.75) is 32.6 Å². The summed E-state index contributed by atoms with van der Waals surface area (Å²) in [5.74, 6) is -0.0998. The zero-order chi connectivity index (χ0) is 14.5. The average Bonchev–Trinajstić information content (AvgIpc) is 2.88. The van der Waals surface area contributed by atoms with Gasteiger partial charge < -0.3 is 9.84 Å². The van der Waals surface area contributed by atoms with E-state index in [0.29, 0.717) is 11.7 Å². The van der Waals surface area contributed by atoms with E-state index in [2.05, 4.69) is 29.3 Å². The van der Waals surface area contributed by atoms with E-state index in [4.69, 9.17) is 9.84 Å². The molecule has 1 heterocycles. The molecule has 0 aliphatic carbocycles. The highest BCUT2D eigenvalue weighted by Crippen LogP contribution is 2.26. The van der Waals surface area contributed by atoms with Crippen LogP contribution in [0.15, 0.2) is 24.3 Å². The highest BCUT2D eigenvalue weighted by atomic mass is 16.5. The Morgan fingerprint density at radius 2 is 2.10 bits per heavy atom. The van der Waals surface area contributed by atoms with Gasteiger partial charge in [0.05, 0.1) is 0 Å². The number of rotatable bonds is 6. The second-order valence-corrected chi connectivity index (χ2v) is 4.66. The van der Waals surface area contributed by atoms with Crippen molar-refractivity contribution in [1.29, 1.82) is 0 Å². The molecule has 0 bridgehead atoms. The number of aromatic nitrogens is 3. The van der Waals surface area contributed by atoms with Crippen LogP contribution in [0.1, 0.15) is 48.7 Å². The molecule has 0 aliphatic rings. The minimum Gasteiger partial charge on any atom is -0.476 e. The summed E-state index contributed by atoms with van der Waals surface area (Å²) in [6, 6.07) is 7.60.